The summed E-state index contributed by atoms with van der Waals surface area (Å²) < 4.78 is 7.39. The number of fused-ring (bicyclic) bond motifs is 5. The van der Waals surface area contributed by atoms with Crippen molar-refractivity contribution in [2.24, 2.45) is 0 Å². The smallest absolute Gasteiger partial charge is 0.127 e. The van der Waals surface area contributed by atoms with Crippen molar-refractivity contribution in [3.63, 3.8) is 0 Å². The van der Waals surface area contributed by atoms with Crippen LogP contribution in [-0.2, 0) is 17.8 Å². The second-order valence-electron chi connectivity index (χ2n) is 8.70. The van der Waals surface area contributed by atoms with Crippen LogP contribution in [-0.4, -0.2) is 26.3 Å². The molecule has 0 aliphatic carbocycles. The van der Waals surface area contributed by atoms with Gasteiger partial charge >= 0.3 is 0 Å². The Morgan fingerprint density at radius 3 is 2.74 bits per heavy atom. The molecule has 0 atom stereocenters. The molecule has 0 saturated heterocycles. The van der Waals surface area contributed by atoms with Crippen molar-refractivity contribution >= 4 is 43.5 Å². The Bertz CT molecular complexity index is 1230. The Labute approximate surface area is 191 Å². The van der Waals surface area contributed by atoms with E-state index in [0.29, 0.717) is 6.61 Å². The maximum atomic E-state index is 6.22. The zero-order valence-corrected chi connectivity index (χ0v) is 19.9. The molecule has 0 saturated carbocycles. The molecule has 0 radical (unpaired) electrons. The SMILES string of the molecule is CCCCCSc1ncnc2c1sc1nc(-c3ccccc3)c3c(c12)CC(C)(C)OC3. The van der Waals surface area contributed by atoms with Crippen LogP contribution in [0.5, 0.6) is 0 Å². The van der Waals surface area contributed by atoms with Crippen LogP contribution in [0.3, 0.4) is 0 Å². The van der Waals surface area contributed by atoms with E-state index in [1.54, 1.807) is 17.7 Å². The Morgan fingerprint density at radius 2 is 1.94 bits per heavy atom. The molecule has 3 aromatic heterocycles. The molecule has 0 bridgehead atoms. The highest BCUT2D eigenvalue weighted by Crippen LogP contribution is 2.44. The predicted octanol–water partition coefficient (Wildman–Crippen LogP) is 7.04. The van der Waals surface area contributed by atoms with Gasteiger partial charge in [0, 0.05) is 22.9 Å². The summed E-state index contributed by atoms with van der Waals surface area (Å²) in [5.41, 5.74) is 5.57. The van der Waals surface area contributed by atoms with Gasteiger partial charge in [0.15, 0.2) is 0 Å². The summed E-state index contributed by atoms with van der Waals surface area (Å²) in [5.74, 6) is 1.09. The number of hydrogen-bond acceptors (Lipinski definition) is 6. The first-order chi connectivity index (χ1) is 15.1. The summed E-state index contributed by atoms with van der Waals surface area (Å²) in [5, 5.41) is 2.29. The third kappa shape index (κ3) is 3.97. The molecule has 6 heteroatoms. The zero-order valence-electron chi connectivity index (χ0n) is 18.3. The second kappa shape index (κ2) is 8.49. The minimum atomic E-state index is -0.200. The number of ether oxygens (including phenoxy) is 1. The van der Waals surface area contributed by atoms with Crippen molar-refractivity contribution in [2.45, 2.75) is 63.7 Å². The van der Waals surface area contributed by atoms with Crippen LogP contribution in [0.25, 0.3) is 31.7 Å². The number of unbranched alkanes of at least 4 members (excludes halogenated alkanes) is 2. The van der Waals surface area contributed by atoms with Gasteiger partial charge in [0.1, 0.15) is 16.2 Å². The number of nitrogens with zero attached hydrogens (tertiary/aromatic N) is 3. The summed E-state index contributed by atoms with van der Waals surface area (Å²) in [4.78, 5) is 15.6. The van der Waals surface area contributed by atoms with E-state index in [1.807, 2.05) is 17.8 Å². The molecule has 1 aliphatic rings. The van der Waals surface area contributed by atoms with Crippen LogP contribution in [0.2, 0.25) is 0 Å². The quantitative estimate of drug-likeness (QED) is 0.179. The van der Waals surface area contributed by atoms with Crippen LogP contribution in [0.4, 0.5) is 0 Å². The maximum absolute atomic E-state index is 6.22. The molecule has 160 valence electrons. The van der Waals surface area contributed by atoms with Crippen molar-refractivity contribution in [2.75, 3.05) is 5.75 Å². The average Bonchev–Trinajstić information content (AvgIpc) is 3.15. The summed E-state index contributed by atoms with van der Waals surface area (Å²) in [6, 6.07) is 10.5. The van der Waals surface area contributed by atoms with Gasteiger partial charge in [-0.2, -0.15) is 0 Å². The van der Waals surface area contributed by atoms with Crippen molar-refractivity contribution in [3.05, 3.63) is 47.8 Å². The first kappa shape index (κ1) is 20.9. The van der Waals surface area contributed by atoms with E-state index in [9.17, 15) is 0 Å². The minimum absolute atomic E-state index is 0.200. The summed E-state index contributed by atoms with van der Waals surface area (Å²) in [6.45, 7) is 7.16. The number of pyridine rings is 1. The molecule has 0 unspecified atom stereocenters. The molecule has 0 N–H and O–H groups in total. The molecule has 4 heterocycles. The minimum Gasteiger partial charge on any atom is -0.370 e. The molecular weight excluding hydrogens is 422 g/mol. The van der Waals surface area contributed by atoms with Gasteiger partial charge in [0.2, 0.25) is 0 Å². The van der Waals surface area contributed by atoms with Crippen molar-refractivity contribution in [3.8, 4) is 11.3 Å². The normalized spacial score (nSPS) is 15.5. The lowest BCUT2D eigenvalue weighted by atomic mass is 9.88. The number of hydrogen-bond donors (Lipinski definition) is 0. The highest BCUT2D eigenvalue weighted by atomic mass is 32.2. The van der Waals surface area contributed by atoms with Gasteiger partial charge in [0.05, 0.1) is 28.1 Å². The lowest BCUT2D eigenvalue weighted by Gasteiger charge is -2.33. The first-order valence-electron chi connectivity index (χ1n) is 11.0. The number of thiophene rings is 1. The van der Waals surface area contributed by atoms with E-state index in [1.165, 1.54) is 40.5 Å². The van der Waals surface area contributed by atoms with Crippen molar-refractivity contribution in [1.29, 1.82) is 0 Å². The Hall–Kier alpha value is -2.02. The van der Waals surface area contributed by atoms with Crippen LogP contribution in [0.15, 0.2) is 41.7 Å². The van der Waals surface area contributed by atoms with Crippen LogP contribution < -0.4 is 0 Å². The summed E-state index contributed by atoms with van der Waals surface area (Å²) >= 11 is 3.59. The van der Waals surface area contributed by atoms with E-state index >= 15 is 0 Å². The number of rotatable bonds is 6. The third-order valence-electron chi connectivity index (χ3n) is 5.83. The van der Waals surface area contributed by atoms with Crippen molar-refractivity contribution in [1.82, 2.24) is 15.0 Å². The second-order valence-corrected chi connectivity index (χ2v) is 10.8. The topological polar surface area (TPSA) is 47.9 Å². The molecule has 5 rings (SSSR count). The highest BCUT2D eigenvalue weighted by molar-refractivity contribution is 7.99. The molecule has 1 aliphatic heterocycles. The number of thioether (sulfide) groups is 1. The van der Waals surface area contributed by atoms with Gasteiger partial charge in [-0.05, 0) is 31.6 Å². The standard InChI is InChI=1S/C25H27N3OS2/c1-4-5-9-12-30-24-22-21(26-15-27-24)19-17-13-25(2,3)29-14-18(17)20(28-23(19)31-22)16-10-7-6-8-11-16/h6-8,10-11,15H,4-5,9,12-14H2,1-3H3. The van der Waals surface area contributed by atoms with Crippen LogP contribution >= 0.6 is 23.1 Å². The summed E-state index contributed by atoms with van der Waals surface area (Å²) in [6.07, 6.45) is 6.29. The van der Waals surface area contributed by atoms with E-state index in [-0.39, 0.29) is 5.60 Å². The third-order valence-corrected chi connectivity index (χ3v) is 8.11. The fourth-order valence-corrected chi connectivity index (χ4v) is 6.48. The Kier molecular flexibility index (Phi) is 5.71. The zero-order chi connectivity index (χ0) is 21.4. The molecule has 4 aromatic rings. The van der Waals surface area contributed by atoms with Gasteiger partial charge in [-0.15, -0.1) is 23.1 Å². The largest absolute Gasteiger partial charge is 0.370 e. The lowest BCUT2D eigenvalue weighted by Crippen LogP contribution is -2.32. The first-order valence-corrected chi connectivity index (χ1v) is 12.8. The van der Waals surface area contributed by atoms with Crippen LogP contribution in [0.1, 0.15) is 51.2 Å². The van der Waals surface area contributed by atoms with Gasteiger partial charge < -0.3 is 4.74 Å². The van der Waals surface area contributed by atoms with E-state index in [4.69, 9.17) is 14.7 Å². The number of benzene rings is 1. The van der Waals surface area contributed by atoms with E-state index in [0.717, 1.165) is 38.8 Å². The fourth-order valence-electron chi connectivity index (χ4n) is 4.24. The monoisotopic (exact) mass is 449 g/mol. The van der Waals surface area contributed by atoms with Gasteiger partial charge in [0.25, 0.3) is 0 Å². The summed E-state index contributed by atoms with van der Waals surface area (Å²) in [7, 11) is 0. The van der Waals surface area contributed by atoms with Crippen LogP contribution in [0, 0.1) is 0 Å². The average molecular weight is 450 g/mol. The maximum Gasteiger partial charge on any atom is 0.127 e. The highest BCUT2D eigenvalue weighted by Gasteiger charge is 2.32. The van der Waals surface area contributed by atoms with Gasteiger partial charge in [-0.25, -0.2) is 15.0 Å². The van der Waals surface area contributed by atoms with Gasteiger partial charge in [-0.1, -0.05) is 50.1 Å². The van der Waals surface area contributed by atoms with E-state index in [2.05, 4.69) is 50.0 Å². The molecule has 1 aromatic carbocycles. The number of aromatic nitrogens is 3. The molecule has 31 heavy (non-hydrogen) atoms. The molecule has 0 amide bonds. The lowest BCUT2D eigenvalue weighted by molar-refractivity contribution is -0.0394. The Balaban J connectivity index is 1.71. The fraction of sp³-hybridized carbons (Fsp3) is 0.400. The van der Waals surface area contributed by atoms with E-state index < -0.39 is 0 Å². The molecule has 4 nitrogen and oxygen atoms in total. The van der Waals surface area contributed by atoms with Gasteiger partial charge in [-0.3, -0.25) is 0 Å². The molecular formula is C25H27N3OS2. The Morgan fingerprint density at radius 1 is 1.10 bits per heavy atom. The molecule has 0 spiro atoms. The molecule has 0 fully saturated rings. The van der Waals surface area contributed by atoms with Crippen molar-refractivity contribution < 1.29 is 4.74 Å². The predicted molar refractivity (Wildman–Crippen MR) is 131 cm³/mol.